The van der Waals surface area contributed by atoms with E-state index in [1.807, 2.05) is 52.0 Å². The standard InChI is InChI=1S/C29H32N2O7S2/c1-19-6-13-24(14-7-19)40(34,35)36-18-23(17-32)37-22-12-15-25-26(16-22)39-27(30-25)20-8-10-21(11-9-20)31(5)28(33)38-29(2,3)4/h6-16,23,32H,17-18H2,1-5H3. The highest BCUT2D eigenvalue weighted by Gasteiger charge is 2.21. The molecule has 1 aromatic heterocycles. The van der Waals surface area contributed by atoms with E-state index in [2.05, 4.69) is 0 Å². The summed E-state index contributed by atoms with van der Waals surface area (Å²) in [7, 11) is -2.33. The van der Waals surface area contributed by atoms with E-state index in [0.29, 0.717) is 11.4 Å². The molecule has 1 atom stereocenters. The number of fused-ring (bicyclic) bond motifs is 1. The van der Waals surface area contributed by atoms with Crippen LogP contribution in [-0.4, -0.2) is 56.6 Å². The van der Waals surface area contributed by atoms with Gasteiger partial charge in [0.2, 0.25) is 0 Å². The zero-order valence-electron chi connectivity index (χ0n) is 23.0. The van der Waals surface area contributed by atoms with Gasteiger partial charge in [0, 0.05) is 18.3 Å². The van der Waals surface area contributed by atoms with Crippen molar-refractivity contribution in [1.29, 1.82) is 0 Å². The van der Waals surface area contributed by atoms with Crippen LogP contribution in [0.3, 0.4) is 0 Å². The number of carbonyl (C=O) groups excluding carboxylic acids is 1. The first-order valence-electron chi connectivity index (χ1n) is 12.6. The highest BCUT2D eigenvalue weighted by atomic mass is 32.2. The van der Waals surface area contributed by atoms with E-state index in [4.69, 9.17) is 18.6 Å². The minimum Gasteiger partial charge on any atom is -0.486 e. The summed E-state index contributed by atoms with van der Waals surface area (Å²) >= 11 is 1.46. The fraction of sp³-hybridized carbons (Fsp3) is 0.310. The van der Waals surface area contributed by atoms with Crippen LogP contribution in [0.4, 0.5) is 10.5 Å². The van der Waals surface area contributed by atoms with Gasteiger partial charge in [0.05, 0.1) is 21.7 Å². The van der Waals surface area contributed by atoms with E-state index >= 15 is 0 Å². The molecule has 1 amide bonds. The Morgan fingerprint density at radius 1 is 1.05 bits per heavy atom. The first-order valence-corrected chi connectivity index (χ1v) is 14.8. The zero-order valence-corrected chi connectivity index (χ0v) is 24.6. The number of anilines is 1. The number of carbonyl (C=O) groups is 1. The summed E-state index contributed by atoms with van der Waals surface area (Å²) < 4.78 is 42.2. The smallest absolute Gasteiger partial charge is 0.414 e. The molecule has 40 heavy (non-hydrogen) atoms. The van der Waals surface area contributed by atoms with Gasteiger partial charge in [0.1, 0.15) is 29.1 Å². The van der Waals surface area contributed by atoms with Crippen molar-refractivity contribution in [1.82, 2.24) is 4.98 Å². The normalized spacial score (nSPS) is 12.8. The van der Waals surface area contributed by atoms with Gasteiger partial charge in [-0.3, -0.25) is 9.08 Å². The molecule has 0 aliphatic carbocycles. The summed E-state index contributed by atoms with van der Waals surface area (Å²) in [5.41, 5.74) is 2.68. The highest BCUT2D eigenvalue weighted by Crippen LogP contribution is 2.33. The molecular formula is C29H32N2O7S2. The Balaban J connectivity index is 1.43. The van der Waals surface area contributed by atoms with E-state index in [-0.39, 0.29) is 11.5 Å². The number of benzene rings is 3. The maximum atomic E-state index is 12.5. The van der Waals surface area contributed by atoms with Gasteiger partial charge in [-0.05, 0) is 82.3 Å². The van der Waals surface area contributed by atoms with Crippen molar-refractivity contribution in [3.63, 3.8) is 0 Å². The lowest BCUT2D eigenvalue weighted by atomic mass is 10.2. The van der Waals surface area contributed by atoms with Crippen LogP contribution in [-0.2, 0) is 19.0 Å². The molecular weight excluding hydrogens is 552 g/mol. The number of aromatic nitrogens is 1. The van der Waals surface area contributed by atoms with E-state index in [9.17, 15) is 18.3 Å². The average molecular weight is 585 g/mol. The second-order valence-corrected chi connectivity index (χ2v) is 12.9. The summed E-state index contributed by atoms with van der Waals surface area (Å²) in [6, 6.07) is 19.1. The lowest BCUT2D eigenvalue weighted by Crippen LogP contribution is -2.34. The number of amides is 1. The highest BCUT2D eigenvalue weighted by molar-refractivity contribution is 7.86. The predicted molar refractivity (Wildman–Crippen MR) is 156 cm³/mol. The van der Waals surface area contributed by atoms with Crippen molar-refractivity contribution in [3.05, 3.63) is 72.3 Å². The van der Waals surface area contributed by atoms with Crippen molar-refractivity contribution in [2.24, 2.45) is 0 Å². The third kappa shape index (κ3) is 7.36. The Morgan fingerprint density at radius 3 is 2.35 bits per heavy atom. The molecule has 1 heterocycles. The van der Waals surface area contributed by atoms with Gasteiger partial charge in [-0.2, -0.15) is 8.42 Å². The number of hydrogen-bond acceptors (Lipinski definition) is 9. The van der Waals surface area contributed by atoms with Crippen LogP contribution in [0.2, 0.25) is 0 Å². The Bertz CT molecular complexity index is 1580. The van der Waals surface area contributed by atoms with E-state index in [1.54, 1.807) is 37.4 Å². The number of ether oxygens (including phenoxy) is 2. The minimum absolute atomic E-state index is 0.0397. The van der Waals surface area contributed by atoms with Crippen molar-refractivity contribution >= 4 is 43.5 Å². The van der Waals surface area contributed by atoms with Crippen LogP contribution in [0.1, 0.15) is 26.3 Å². The Kier molecular flexibility index (Phi) is 8.79. The topological polar surface area (TPSA) is 115 Å². The largest absolute Gasteiger partial charge is 0.486 e. The molecule has 0 aliphatic heterocycles. The van der Waals surface area contributed by atoms with Gasteiger partial charge in [-0.15, -0.1) is 11.3 Å². The fourth-order valence-corrected chi connectivity index (χ4v) is 5.56. The number of thiazole rings is 1. The van der Waals surface area contributed by atoms with Crippen LogP contribution in [0, 0.1) is 6.92 Å². The van der Waals surface area contributed by atoms with Crippen LogP contribution < -0.4 is 9.64 Å². The molecule has 3 aromatic carbocycles. The summed E-state index contributed by atoms with van der Waals surface area (Å²) in [6.45, 7) is 6.54. The second-order valence-electron chi connectivity index (χ2n) is 10.2. The Labute approximate surface area is 238 Å². The first-order chi connectivity index (χ1) is 18.8. The van der Waals surface area contributed by atoms with Crippen molar-refractivity contribution in [2.45, 2.75) is 44.3 Å². The van der Waals surface area contributed by atoms with Crippen molar-refractivity contribution < 1.29 is 32.0 Å². The van der Waals surface area contributed by atoms with E-state index in [0.717, 1.165) is 26.4 Å². The van der Waals surface area contributed by atoms with Gasteiger partial charge >= 0.3 is 6.09 Å². The molecule has 9 nitrogen and oxygen atoms in total. The molecule has 0 bridgehead atoms. The van der Waals surface area contributed by atoms with Crippen molar-refractivity contribution in [2.75, 3.05) is 25.2 Å². The van der Waals surface area contributed by atoms with Crippen LogP contribution in [0.25, 0.3) is 20.8 Å². The molecule has 1 unspecified atom stereocenters. The third-order valence-corrected chi connectivity index (χ3v) is 8.12. The molecule has 1 N–H and O–H groups in total. The lowest BCUT2D eigenvalue weighted by molar-refractivity contribution is 0.0589. The maximum Gasteiger partial charge on any atom is 0.414 e. The van der Waals surface area contributed by atoms with Gasteiger partial charge in [0.15, 0.2) is 0 Å². The summed E-state index contributed by atoms with van der Waals surface area (Å²) in [5.74, 6) is 0.451. The number of nitrogens with zero attached hydrogens (tertiary/aromatic N) is 2. The quantitative estimate of drug-likeness (QED) is 0.246. The van der Waals surface area contributed by atoms with Crippen LogP contribution >= 0.6 is 11.3 Å². The second kappa shape index (κ2) is 11.9. The summed E-state index contributed by atoms with van der Waals surface area (Å²) in [5, 5.41) is 10.5. The number of rotatable bonds is 9. The third-order valence-electron chi connectivity index (χ3n) is 5.75. The molecule has 0 radical (unpaired) electrons. The molecule has 212 valence electrons. The molecule has 0 spiro atoms. The summed E-state index contributed by atoms with van der Waals surface area (Å²) in [4.78, 5) is 18.5. The number of aryl methyl sites for hydroxylation is 1. The maximum absolute atomic E-state index is 12.5. The van der Waals surface area contributed by atoms with Gasteiger partial charge < -0.3 is 14.6 Å². The van der Waals surface area contributed by atoms with Gasteiger partial charge in [-0.1, -0.05) is 17.7 Å². The summed E-state index contributed by atoms with van der Waals surface area (Å²) in [6.07, 6.45) is -1.33. The SMILES string of the molecule is Cc1ccc(S(=O)(=O)OCC(CO)Oc2ccc3nc(-c4ccc(N(C)C(=O)OC(C)(C)C)cc4)sc3c2)cc1. The molecule has 11 heteroatoms. The molecule has 0 saturated heterocycles. The van der Waals surface area contributed by atoms with E-state index < -0.39 is 34.5 Å². The minimum atomic E-state index is -3.99. The molecule has 0 fully saturated rings. The van der Waals surface area contributed by atoms with Gasteiger partial charge in [-0.25, -0.2) is 9.78 Å². The monoisotopic (exact) mass is 584 g/mol. The number of aliphatic hydroxyl groups is 1. The first kappa shape index (κ1) is 29.5. The lowest BCUT2D eigenvalue weighted by Gasteiger charge is -2.24. The number of hydrogen-bond donors (Lipinski definition) is 1. The predicted octanol–water partition coefficient (Wildman–Crippen LogP) is 5.79. The molecule has 0 aliphatic rings. The number of aliphatic hydroxyl groups excluding tert-OH is 1. The molecule has 4 rings (SSSR count). The fourth-order valence-electron chi connectivity index (χ4n) is 3.62. The van der Waals surface area contributed by atoms with Crippen LogP contribution in [0.5, 0.6) is 5.75 Å². The zero-order chi connectivity index (χ0) is 29.1. The van der Waals surface area contributed by atoms with Crippen LogP contribution in [0.15, 0.2) is 71.6 Å². The molecule has 0 saturated carbocycles. The van der Waals surface area contributed by atoms with Gasteiger partial charge in [0.25, 0.3) is 10.1 Å². The Morgan fingerprint density at radius 2 is 1.73 bits per heavy atom. The molecule has 4 aromatic rings. The Hall–Kier alpha value is -3.51. The van der Waals surface area contributed by atoms with E-state index in [1.165, 1.54) is 28.4 Å². The van der Waals surface area contributed by atoms with Crippen molar-refractivity contribution in [3.8, 4) is 16.3 Å². The average Bonchev–Trinajstić information content (AvgIpc) is 3.33.